The van der Waals surface area contributed by atoms with Crippen LogP contribution in [0.3, 0.4) is 0 Å². The number of aldehydes is 1. The highest BCUT2D eigenvalue weighted by Gasteiger charge is 2.25. The minimum absolute atomic E-state index is 0.167. The van der Waals surface area contributed by atoms with Gasteiger partial charge in [0.15, 0.2) is 0 Å². The third-order valence-corrected chi connectivity index (χ3v) is 5.68. The van der Waals surface area contributed by atoms with Gasteiger partial charge in [0.1, 0.15) is 12.3 Å². The molecule has 0 aromatic heterocycles. The van der Waals surface area contributed by atoms with Crippen LogP contribution in [0.25, 0.3) is 0 Å². The molecule has 0 saturated heterocycles. The molecule has 0 saturated carbocycles. The van der Waals surface area contributed by atoms with Crippen molar-refractivity contribution in [3.63, 3.8) is 0 Å². The fraction of sp³-hybridized carbons (Fsp3) is 0.625. The molecule has 0 aliphatic carbocycles. The van der Waals surface area contributed by atoms with E-state index in [0.717, 1.165) is 61.9 Å². The van der Waals surface area contributed by atoms with Crippen LogP contribution in [0.1, 0.15) is 44.6 Å². The van der Waals surface area contributed by atoms with Crippen molar-refractivity contribution in [3.05, 3.63) is 23.8 Å². The summed E-state index contributed by atoms with van der Waals surface area (Å²) in [4.78, 5) is 38.5. The third-order valence-electron chi connectivity index (χ3n) is 5.68. The van der Waals surface area contributed by atoms with Crippen LogP contribution < -0.4 is 20.4 Å². The quantitative estimate of drug-likeness (QED) is 0.280. The molecule has 8 heteroatoms. The highest BCUT2D eigenvalue weighted by molar-refractivity contribution is 5.90. The first-order chi connectivity index (χ1) is 15.4. The van der Waals surface area contributed by atoms with Crippen molar-refractivity contribution in [1.82, 2.24) is 10.6 Å². The maximum Gasteiger partial charge on any atom is 0.242 e. The van der Waals surface area contributed by atoms with Gasteiger partial charge < -0.3 is 30.0 Å². The maximum atomic E-state index is 12.5. The van der Waals surface area contributed by atoms with Gasteiger partial charge in [-0.15, -0.1) is 0 Å². The molecule has 2 atom stereocenters. The van der Waals surface area contributed by atoms with Crippen molar-refractivity contribution >= 4 is 30.0 Å². The first kappa shape index (κ1) is 27.6. The van der Waals surface area contributed by atoms with Gasteiger partial charge in [0.2, 0.25) is 12.3 Å². The van der Waals surface area contributed by atoms with E-state index >= 15 is 0 Å². The van der Waals surface area contributed by atoms with Crippen LogP contribution in [-0.4, -0.2) is 72.1 Å². The number of hydrogen-bond donors (Lipinski definition) is 2. The lowest BCUT2D eigenvalue weighted by molar-refractivity contribution is -0.122. The number of carbonyl (C=O) groups excluding carboxylic acids is 3. The molecule has 180 valence electrons. The number of ether oxygens (including phenoxy) is 1. The van der Waals surface area contributed by atoms with Crippen LogP contribution >= 0.6 is 0 Å². The smallest absolute Gasteiger partial charge is 0.242 e. The van der Waals surface area contributed by atoms with Gasteiger partial charge in [0.25, 0.3) is 0 Å². The summed E-state index contributed by atoms with van der Waals surface area (Å²) >= 11 is 0. The van der Waals surface area contributed by atoms with E-state index in [2.05, 4.69) is 17.6 Å². The second-order valence-electron chi connectivity index (χ2n) is 7.88. The minimum atomic E-state index is -0.514. The van der Waals surface area contributed by atoms with E-state index in [4.69, 9.17) is 4.74 Å². The second kappa shape index (κ2) is 15.4. The van der Waals surface area contributed by atoms with E-state index in [0.29, 0.717) is 13.0 Å². The van der Waals surface area contributed by atoms with Crippen LogP contribution in [-0.2, 0) is 25.5 Å². The molecule has 0 radical (unpaired) electrons. The van der Waals surface area contributed by atoms with E-state index < -0.39 is 6.04 Å². The Bertz CT molecular complexity index is 713. The SMILES string of the molecule is CCC(CCNC)OCCCc1cccc(N(C)C(CCC=O)C(=O)NC)c1N(C)C=O. The van der Waals surface area contributed by atoms with Gasteiger partial charge in [0, 0.05) is 34.2 Å². The van der Waals surface area contributed by atoms with Crippen LogP contribution in [0, 0.1) is 0 Å². The van der Waals surface area contributed by atoms with Crippen molar-refractivity contribution in [3.8, 4) is 0 Å². The minimum Gasteiger partial charge on any atom is -0.378 e. The lowest BCUT2D eigenvalue weighted by Gasteiger charge is -2.32. The molecule has 2 N–H and O–H groups in total. The largest absolute Gasteiger partial charge is 0.378 e. The van der Waals surface area contributed by atoms with E-state index in [-0.39, 0.29) is 18.4 Å². The zero-order valence-electron chi connectivity index (χ0n) is 20.2. The zero-order valence-corrected chi connectivity index (χ0v) is 20.2. The predicted molar refractivity (Wildman–Crippen MR) is 129 cm³/mol. The normalized spacial score (nSPS) is 12.7. The molecule has 0 spiro atoms. The van der Waals surface area contributed by atoms with Crippen LogP contribution in [0.2, 0.25) is 0 Å². The summed E-state index contributed by atoms with van der Waals surface area (Å²) in [6, 6.07) is 5.33. The predicted octanol–water partition coefficient (Wildman–Crippen LogP) is 2.15. The second-order valence-corrected chi connectivity index (χ2v) is 7.88. The summed E-state index contributed by atoms with van der Waals surface area (Å²) in [5.74, 6) is -0.167. The van der Waals surface area contributed by atoms with Crippen molar-refractivity contribution in [1.29, 1.82) is 0 Å². The van der Waals surface area contributed by atoms with Gasteiger partial charge in [-0.3, -0.25) is 9.59 Å². The Kier molecular flexibility index (Phi) is 13.2. The van der Waals surface area contributed by atoms with Crippen molar-refractivity contribution < 1.29 is 19.1 Å². The Hall–Kier alpha value is -2.45. The monoisotopic (exact) mass is 448 g/mol. The number of amides is 2. The third kappa shape index (κ3) is 8.24. The number of carbonyl (C=O) groups is 3. The number of rotatable bonds is 17. The van der Waals surface area contributed by atoms with Gasteiger partial charge in [-0.1, -0.05) is 19.1 Å². The van der Waals surface area contributed by atoms with Crippen LogP contribution in [0.4, 0.5) is 11.4 Å². The number of para-hydroxylation sites is 1. The van der Waals surface area contributed by atoms with Crippen molar-refractivity contribution in [2.24, 2.45) is 0 Å². The number of nitrogens with zero attached hydrogens (tertiary/aromatic N) is 2. The van der Waals surface area contributed by atoms with Crippen LogP contribution in [0.5, 0.6) is 0 Å². The summed E-state index contributed by atoms with van der Waals surface area (Å²) in [5.41, 5.74) is 2.56. The highest BCUT2D eigenvalue weighted by Crippen LogP contribution is 2.34. The molecule has 2 unspecified atom stereocenters. The Morgan fingerprint density at radius 2 is 1.94 bits per heavy atom. The van der Waals surface area contributed by atoms with E-state index in [1.54, 1.807) is 19.0 Å². The van der Waals surface area contributed by atoms with E-state index in [9.17, 15) is 14.4 Å². The Morgan fingerprint density at radius 1 is 1.19 bits per heavy atom. The molecule has 0 heterocycles. The Balaban J connectivity index is 3.04. The number of nitrogens with one attached hydrogen (secondary N) is 2. The summed E-state index contributed by atoms with van der Waals surface area (Å²) in [6.45, 7) is 3.70. The summed E-state index contributed by atoms with van der Waals surface area (Å²) in [5, 5.41) is 5.83. The highest BCUT2D eigenvalue weighted by atomic mass is 16.5. The van der Waals surface area contributed by atoms with Gasteiger partial charge in [-0.25, -0.2) is 0 Å². The molecule has 0 bridgehead atoms. The van der Waals surface area contributed by atoms with Gasteiger partial charge in [-0.2, -0.15) is 0 Å². The lowest BCUT2D eigenvalue weighted by atomic mass is 10.0. The number of anilines is 2. The number of likely N-dealkylation sites (N-methyl/N-ethyl adjacent to an activating group) is 2. The maximum absolute atomic E-state index is 12.5. The standard InChI is InChI=1S/C24H40N4O4/c1-6-20(14-15-25-2)32-17-9-11-19-10-7-12-21(23(19)27(4)18-30)28(5)22(13-8-16-29)24(31)26-3/h7,10,12,16,18,20,22,25H,6,8-9,11,13-15,17H2,1-5H3,(H,26,31). The summed E-state index contributed by atoms with van der Waals surface area (Å²) in [7, 11) is 7.06. The topological polar surface area (TPSA) is 91.0 Å². The van der Waals surface area contributed by atoms with Crippen molar-refractivity contribution in [2.45, 2.75) is 57.6 Å². The molecular weight excluding hydrogens is 408 g/mol. The van der Waals surface area contributed by atoms with E-state index in [1.807, 2.05) is 37.2 Å². The molecule has 0 aliphatic rings. The molecule has 0 aliphatic heterocycles. The van der Waals surface area contributed by atoms with Gasteiger partial charge >= 0.3 is 0 Å². The summed E-state index contributed by atoms with van der Waals surface area (Å²) < 4.78 is 6.03. The lowest BCUT2D eigenvalue weighted by Crippen LogP contribution is -2.44. The molecule has 1 aromatic carbocycles. The van der Waals surface area contributed by atoms with Gasteiger partial charge in [-0.05, 0) is 57.3 Å². The molecule has 0 fully saturated rings. The first-order valence-corrected chi connectivity index (χ1v) is 11.4. The molecule has 1 rings (SSSR count). The number of aryl methyl sites for hydroxylation is 1. The average Bonchev–Trinajstić information content (AvgIpc) is 2.82. The number of hydrogen-bond acceptors (Lipinski definition) is 6. The summed E-state index contributed by atoms with van der Waals surface area (Å²) in [6.07, 6.45) is 6.04. The molecule has 2 amide bonds. The van der Waals surface area contributed by atoms with Crippen LogP contribution in [0.15, 0.2) is 18.2 Å². The van der Waals surface area contributed by atoms with Crippen molar-refractivity contribution in [2.75, 3.05) is 51.1 Å². The average molecular weight is 449 g/mol. The van der Waals surface area contributed by atoms with E-state index in [1.165, 1.54) is 0 Å². The fourth-order valence-corrected chi connectivity index (χ4v) is 3.81. The molecule has 8 nitrogen and oxygen atoms in total. The molecule has 32 heavy (non-hydrogen) atoms. The molecular formula is C24H40N4O4. The zero-order chi connectivity index (χ0) is 23.9. The first-order valence-electron chi connectivity index (χ1n) is 11.4. The van der Waals surface area contributed by atoms with Gasteiger partial charge in [0.05, 0.1) is 17.5 Å². The number of benzene rings is 1. The Labute approximate surface area is 192 Å². The Morgan fingerprint density at radius 3 is 2.53 bits per heavy atom. The molecule has 1 aromatic rings. The fourth-order valence-electron chi connectivity index (χ4n) is 3.81.